The van der Waals surface area contributed by atoms with Crippen molar-refractivity contribution in [1.29, 1.82) is 0 Å². The lowest BCUT2D eigenvalue weighted by molar-refractivity contribution is -0.115. The van der Waals surface area contributed by atoms with E-state index in [2.05, 4.69) is 21.2 Å². The predicted molar refractivity (Wildman–Crippen MR) is 66.1 cm³/mol. The minimum atomic E-state index is -0.0585. The standard InChI is InChI=1S/C10H11BrN2OS/c11-6-1-2-7-9(5-6)15-8(3-4-12)10(14)13-7/h1-2,5,8H,3-4,12H2,(H,13,14). The molecule has 0 spiro atoms. The first-order valence-electron chi connectivity index (χ1n) is 4.68. The van der Waals surface area contributed by atoms with Gasteiger partial charge >= 0.3 is 0 Å². The maximum Gasteiger partial charge on any atom is 0.237 e. The molecule has 1 amide bonds. The molecule has 0 aromatic heterocycles. The van der Waals surface area contributed by atoms with Crippen LogP contribution in [0.5, 0.6) is 0 Å². The molecule has 1 aromatic carbocycles. The first-order chi connectivity index (χ1) is 7.20. The Morgan fingerprint density at radius 1 is 1.53 bits per heavy atom. The smallest absolute Gasteiger partial charge is 0.237 e. The van der Waals surface area contributed by atoms with E-state index >= 15 is 0 Å². The summed E-state index contributed by atoms with van der Waals surface area (Å²) in [5.74, 6) is 0.0558. The third-order valence-electron chi connectivity index (χ3n) is 2.19. The van der Waals surface area contributed by atoms with Gasteiger partial charge in [0.15, 0.2) is 0 Å². The van der Waals surface area contributed by atoms with Crippen molar-refractivity contribution >= 4 is 39.3 Å². The molecule has 0 aliphatic carbocycles. The molecule has 0 bridgehead atoms. The van der Waals surface area contributed by atoms with Gasteiger partial charge in [-0.2, -0.15) is 0 Å². The van der Waals surface area contributed by atoms with E-state index in [4.69, 9.17) is 5.73 Å². The molecular weight excluding hydrogens is 276 g/mol. The molecule has 0 radical (unpaired) electrons. The molecule has 1 unspecified atom stereocenters. The number of hydrogen-bond donors (Lipinski definition) is 2. The highest BCUT2D eigenvalue weighted by atomic mass is 79.9. The number of fused-ring (bicyclic) bond motifs is 1. The minimum absolute atomic E-state index is 0.0558. The summed E-state index contributed by atoms with van der Waals surface area (Å²) in [5, 5.41) is 2.83. The van der Waals surface area contributed by atoms with Crippen LogP contribution in [0.25, 0.3) is 0 Å². The topological polar surface area (TPSA) is 55.1 Å². The van der Waals surface area contributed by atoms with Crippen molar-refractivity contribution in [3.63, 3.8) is 0 Å². The summed E-state index contributed by atoms with van der Waals surface area (Å²) in [7, 11) is 0. The molecule has 5 heteroatoms. The van der Waals surface area contributed by atoms with E-state index in [1.807, 2.05) is 18.2 Å². The maximum absolute atomic E-state index is 11.6. The number of benzene rings is 1. The molecule has 2 rings (SSSR count). The van der Waals surface area contributed by atoms with Crippen molar-refractivity contribution in [3.8, 4) is 0 Å². The molecule has 0 fully saturated rings. The average molecular weight is 287 g/mol. The van der Waals surface area contributed by atoms with Crippen LogP contribution in [0.3, 0.4) is 0 Å². The molecule has 3 nitrogen and oxygen atoms in total. The SMILES string of the molecule is NCCC1Sc2cc(Br)ccc2NC1=O. The lowest BCUT2D eigenvalue weighted by Gasteiger charge is -2.23. The largest absolute Gasteiger partial charge is 0.330 e. The van der Waals surface area contributed by atoms with E-state index in [0.717, 1.165) is 15.1 Å². The molecule has 1 heterocycles. The normalized spacial score (nSPS) is 19.6. The fraction of sp³-hybridized carbons (Fsp3) is 0.300. The number of halogens is 1. The van der Waals surface area contributed by atoms with Gasteiger partial charge in [-0.15, -0.1) is 11.8 Å². The molecule has 80 valence electrons. The molecule has 3 N–H and O–H groups in total. The molecule has 1 aromatic rings. The van der Waals surface area contributed by atoms with Crippen molar-refractivity contribution in [2.45, 2.75) is 16.6 Å². The third kappa shape index (κ3) is 2.35. The number of thioether (sulfide) groups is 1. The van der Waals surface area contributed by atoms with Gasteiger partial charge < -0.3 is 11.1 Å². The number of nitrogens with one attached hydrogen (secondary N) is 1. The van der Waals surface area contributed by atoms with Crippen LogP contribution < -0.4 is 11.1 Å². The van der Waals surface area contributed by atoms with Crippen LogP contribution in [-0.2, 0) is 4.79 Å². The Morgan fingerprint density at radius 2 is 2.33 bits per heavy atom. The zero-order valence-corrected chi connectivity index (χ0v) is 10.4. The number of amides is 1. The van der Waals surface area contributed by atoms with Crippen LogP contribution in [0.4, 0.5) is 5.69 Å². The molecule has 0 saturated carbocycles. The minimum Gasteiger partial charge on any atom is -0.330 e. The average Bonchev–Trinajstić information content (AvgIpc) is 2.20. The fourth-order valence-electron chi connectivity index (χ4n) is 1.46. The zero-order valence-electron chi connectivity index (χ0n) is 8.00. The van der Waals surface area contributed by atoms with E-state index in [1.165, 1.54) is 0 Å². The number of carbonyl (C=O) groups excluding carboxylic acids is 1. The van der Waals surface area contributed by atoms with Gasteiger partial charge in [0.2, 0.25) is 5.91 Å². The lowest BCUT2D eigenvalue weighted by atomic mass is 10.2. The summed E-state index contributed by atoms with van der Waals surface area (Å²) in [6.07, 6.45) is 0.711. The Balaban J connectivity index is 2.26. The second kappa shape index (κ2) is 4.55. The molecule has 0 saturated heterocycles. The third-order valence-corrected chi connectivity index (χ3v) is 4.01. The van der Waals surface area contributed by atoms with Gasteiger partial charge in [-0.3, -0.25) is 4.79 Å². The quantitative estimate of drug-likeness (QED) is 0.877. The maximum atomic E-state index is 11.6. The van der Waals surface area contributed by atoms with Crippen LogP contribution in [0.1, 0.15) is 6.42 Å². The van der Waals surface area contributed by atoms with E-state index in [-0.39, 0.29) is 11.2 Å². The number of nitrogens with two attached hydrogens (primary N) is 1. The lowest BCUT2D eigenvalue weighted by Crippen LogP contribution is -2.30. The zero-order chi connectivity index (χ0) is 10.8. The highest BCUT2D eigenvalue weighted by Gasteiger charge is 2.25. The highest BCUT2D eigenvalue weighted by Crippen LogP contribution is 2.38. The van der Waals surface area contributed by atoms with Crippen LogP contribution in [-0.4, -0.2) is 17.7 Å². The van der Waals surface area contributed by atoms with E-state index in [9.17, 15) is 4.79 Å². The van der Waals surface area contributed by atoms with Crippen LogP contribution in [0.15, 0.2) is 27.6 Å². The van der Waals surface area contributed by atoms with Crippen molar-refractivity contribution in [2.24, 2.45) is 5.73 Å². The Morgan fingerprint density at radius 3 is 3.07 bits per heavy atom. The highest BCUT2D eigenvalue weighted by molar-refractivity contribution is 9.10. The first kappa shape index (κ1) is 11.0. The summed E-state index contributed by atoms with van der Waals surface area (Å²) in [4.78, 5) is 12.7. The van der Waals surface area contributed by atoms with Crippen molar-refractivity contribution in [3.05, 3.63) is 22.7 Å². The summed E-state index contributed by atoms with van der Waals surface area (Å²) < 4.78 is 1.02. The fourth-order valence-corrected chi connectivity index (χ4v) is 3.14. The van der Waals surface area contributed by atoms with Gasteiger partial charge in [0.25, 0.3) is 0 Å². The van der Waals surface area contributed by atoms with E-state index in [1.54, 1.807) is 11.8 Å². The Labute approximate surface area is 101 Å². The van der Waals surface area contributed by atoms with Gasteiger partial charge in [0, 0.05) is 9.37 Å². The summed E-state index contributed by atoms with van der Waals surface area (Å²) in [6.45, 7) is 0.536. The van der Waals surface area contributed by atoms with Crippen molar-refractivity contribution in [1.82, 2.24) is 0 Å². The Hall–Kier alpha value is -0.520. The number of carbonyl (C=O) groups is 1. The van der Waals surface area contributed by atoms with Crippen molar-refractivity contribution < 1.29 is 4.79 Å². The van der Waals surface area contributed by atoms with Gasteiger partial charge in [-0.25, -0.2) is 0 Å². The Bertz CT molecular complexity index is 397. The summed E-state index contributed by atoms with van der Waals surface area (Å²) in [6, 6.07) is 5.84. The molecular formula is C10H11BrN2OS. The monoisotopic (exact) mass is 286 g/mol. The first-order valence-corrected chi connectivity index (χ1v) is 6.35. The van der Waals surface area contributed by atoms with E-state index in [0.29, 0.717) is 13.0 Å². The Kier molecular flexibility index (Phi) is 3.33. The molecule has 1 aliphatic heterocycles. The summed E-state index contributed by atoms with van der Waals surface area (Å²) in [5.41, 5.74) is 6.36. The predicted octanol–water partition coefficient (Wildman–Crippen LogP) is 2.21. The van der Waals surface area contributed by atoms with E-state index < -0.39 is 0 Å². The van der Waals surface area contributed by atoms with Crippen LogP contribution in [0.2, 0.25) is 0 Å². The number of rotatable bonds is 2. The van der Waals surface area contributed by atoms with Crippen LogP contribution in [0, 0.1) is 0 Å². The molecule has 15 heavy (non-hydrogen) atoms. The number of anilines is 1. The van der Waals surface area contributed by atoms with Crippen LogP contribution >= 0.6 is 27.7 Å². The summed E-state index contributed by atoms with van der Waals surface area (Å²) >= 11 is 5.00. The van der Waals surface area contributed by atoms with Crippen molar-refractivity contribution in [2.75, 3.05) is 11.9 Å². The van der Waals surface area contributed by atoms with Gasteiger partial charge in [0.1, 0.15) is 0 Å². The second-order valence-electron chi connectivity index (χ2n) is 3.31. The van der Waals surface area contributed by atoms with Gasteiger partial charge in [-0.05, 0) is 31.2 Å². The number of hydrogen-bond acceptors (Lipinski definition) is 3. The van der Waals surface area contributed by atoms with Gasteiger partial charge in [0.05, 0.1) is 10.9 Å². The van der Waals surface area contributed by atoms with Gasteiger partial charge in [-0.1, -0.05) is 15.9 Å². The molecule has 1 aliphatic rings. The molecule has 1 atom stereocenters. The second-order valence-corrected chi connectivity index (χ2v) is 5.47.